The van der Waals surface area contributed by atoms with Crippen molar-refractivity contribution in [2.45, 2.75) is 26.3 Å². The Morgan fingerprint density at radius 3 is 2.60 bits per heavy atom. The maximum atomic E-state index is 12.2. The van der Waals surface area contributed by atoms with Crippen LogP contribution in [0.3, 0.4) is 0 Å². The van der Waals surface area contributed by atoms with Crippen LogP contribution in [0.15, 0.2) is 22.7 Å². The van der Waals surface area contributed by atoms with Crippen LogP contribution in [-0.4, -0.2) is 35.2 Å². The molecular weight excluding hydrogens is 324 g/mol. The van der Waals surface area contributed by atoms with Crippen molar-refractivity contribution in [3.05, 3.63) is 33.8 Å². The molecule has 1 aromatic carbocycles. The van der Waals surface area contributed by atoms with Gasteiger partial charge in [-0.3, -0.25) is 19.3 Å². The summed E-state index contributed by atoms with van der Waals surface area (Å²) in [5.74, 6) is -1.17. The highest BCUT2D eigenvalue weighted by molar-refractivity contribution is 9.10. The van der Waals surface area contributed by atoms with Gasteiger partial charge in [-0.25, -0.2) is 0 Å². The molecule has 1 N–H and O–H groups in total. The van der Waals surface area contributed by atoms with E-state index in [1.165, 1.54) is 0 Å². The van der Waals surface area contributed by atoms with Crippen LogP contribution in [0.25, 0.3) is 0 Å². The highest BCUT2D eigenvalue weighted by Gasteiger charge is 2.36. The molecule has 0 spiro atoms. The molecule has 0 aliphatic carbocycles. The molecule has 0 saturated carbocycles. The quantitative estimate of drug-likeness (QED) is 0.853. The summed E-state index contributed by atoms with van der Waals surface area (Å²) in [6, 6.07) is 4.91. The summed E-state index contributed by atoms with van der Waals surface area (Å²) in [5, 5.41) is 2.74. The van der Waals surface area contributed by atoms with E-state index in [0.717, 1.165) is 15.8 Å². The first-order valence-corrected chi connectivity index (χ1v) is 7.18. The van der Waals surface area contributed by atoms with Gasteiger partial charge >= 0.3 is 0 Å². The Labute approximate surface area is 125 Å². The fourth-order valence-corrected chi connectivity index (χ4v) is 2.33. The SMILES string of the molecule is CCC(C)NC(=O)CN1C(=O)c2ccc(Br)cc2C1=O. The van der Waals surface area contributed by atoms with Crippen LogP contribution in [-0.2, 0) is 4.79 Å². The second kappa shape index (κ2) is 5.75. The first kappa shape index (κ1) is 14.7. The number of rotatable bonds is 4. The molecule has 1 unspecified atom stereocenters. The van der Waals surface area contributed by atoms with E-state index in [1.54, 1.807) is 18.2 Å². The van der Waals surface area contributed by atoms with Gasteiger partial charge in [-0.1, -0.05) is 22.9 Å². The van der Waals surface area contributed by atoms with Crippen LogP contribution in [0.4, 0.5) is 0 Å². The van der Waals surface area contributed by atoms with Gasteiger partial charge in [0.1, 0.15) is 6.54 Å². The molecule has 106 valence electrons. The Balaban J connectivity index is 2.14. The summed E-state index contributed by atoms with van der Waals surface area (Å²) in [5.41, 5.74) is 0.676. The van der Waals surface area contributed by atoms with Gasteiger partial charge in [-0.15, -0.1) is 0 Å². The van der Waals surface area contributed by atoms with Crippen molar-refractivity contribution in [1.29, 1.82) is 0 Å². The Morgan fingerprint density at radius 1 is 1.30 bits per heavy atom. The number of imide groups is 1. The van der Waals surface area contributed by atoms with Crippen LogP contribution in [0.2, 0.25) is 0 Å². The van der Waals surface area contributed by atoms with Crippen molar-refractivity contribution in [1.82, 2.24) is 10.2 Å². The van der Waals surface area contributed by atoms with Crippen molar-refractivity contribution < 1.29 is 14.4 Å². The molecule has 20 heavy (non-hydrogen) atoms. The first-order valence-electron chi connectivity index (χ1n) is 6.39. The van der Waals surface area contributed by atoms with Gasteiger partial charge in [0.25, 0.3) is 11.8 Å². The number of carbonyl (C=O) groups is 3. The monoisotopic (exact) mass is 338 g/mol. The summed E-state index contributed by atoms with van der Waals surface area (Å²) in [6.07, 6.45) is 0.792. The summed E-state index contributed by atoms with van der Waals surface area (Å²) < 4.78 is 0.725. The van der Waals surface area contributed by atoms with E-state index in [2.05, 4.69) is 21.2 Å². The molecule has 0 bridgehead atoms. The molecule has 2 rings (SSSR count). The van der Waals surface area contributed by atoms with Crippen molar-refractivity contribution in [2.75, 3.05) is 6.54 Å². The van der Waals surface area contributed by atoms with E-state index in [9.17, 15) is 14.4 Å². The number of carbonyl (C=O) groups excluding carboxylic acids is 3. The zero-order valence-electron chi connectivity index (χ0n) is 11.3. The average molecular weight is 339 g/mol. The van der Waals surface area contributed by atoms with Crippen LogP contribution >= 0.6 is 15.9 Å². The largest absolute Gasteiger partial charge is 0.352 e. The fraction of sp³-hybridized carbons (Fsp3) is 0.357. The number of fused-ring (bicyclic) bond motifs is 1. The molecule has 0 radical (unpaired) electrons. The molecule has 1 atom stereocenters. The van der Waals surface area contributed by atoms with Crippen LogP contribution < -0.4 is 5.32 Å². The lowest BCUT2D eigenvalue weighted by Crippen LogP contribution is -2.43. The van der Waals surface area contributed by atoms with Crippen molar-refractivity contribution >= 4 is 33.7 Å². The Bertz CT molecular complexity index is 586. The summed E-state index contributed by atoms with van der Waals surface area (Å²) >= 11 is 3.26. The van der Waals surface area contributed by atoms with E-state index in [0.29, 0.717) is 11.1 Å². The van der Waals surface area contributed by atoms with Crippen LogP contribution in [0, 0.1) is 0 Å². The zero-order chi connectivity index (χ0) is 14.9. The number of hydrogen-bond acceptors (Lipinski definition) is 3. The van der Waals surface area contributed by atoms with Gasteiger partial charge in [-0.2, -0.15) is 0 Å². The van der Waals surface area contributed by atoms with E-state index >= 15 is 0 Å². The normalized spacial score (nSPS) is 15.2. The van der Waals surface area contributed by atoms with E-state index in [1.807, 2.05) is 13.8 Å². The molecule has 1 aliphatic heterocycles. The highest BCUT2D eigenvalue weighted by atomic mass is 79.9. The zero-order valence-corrected chi connectivity index (χ0v) is 12.9. The van der Waals surface area contributed by atoms with Crippen molar-refractivity contribution in [3.8, 4) is 0 Å². The molecule has 0 fully saturated rings. The molecular formula is C14H15BrN2O3. The number of halogens is 1. The second-order valence-corrected chi connectivity index (χ2v) is 5.68. The lowest BCUT2D eigenvalue weighted by atomic mass is 10.1. The number of nitrogens with zero attached hydrogens (tertiary/aromatic N) is 1. The summed E-state index contributed by atoms with van der Waals surface area (Å²) in [6.45, 7) is 3.58. The first-order chi connectivity index (χ1) is 9.43. The van der Waals surface area contributed by atoms with Gasteiger partial charge in [0, 0.05) is 10.5 Å². The molecule has 6 heteroatoms. The number of nitrogens with one attached hydrogen (secondary N) is 1. The van der Waals surface area contributed by atoms with E-state index < -0.39 is 11.8 Å². The lowest BCUT2D eigenvalue weighted by Gasteiger charge is -2.16. The molecule has 1 aliphatic rings. The van der Waals surface area contributed by atoms with Gasteiger partial charge < -0.3 is 5.32 Å². The van der Waals surface area contributed by atoms with Gasteiger partial charge in [0.2, 0.25) is 5.91 Å². The van der Waals surface area contributed by atoms with E-state index in [4.69, 9.17) is 0 Å². The topological polar surface area (TPSA) is 66.5 Å². The molecule has 1 heterocycles. The number of hydrogen-bond donors (Lipinski definition) is 1. The Hall–Kier alpha value is -1.69. The predicted molar refractivity (Wildman–Crippen MR) is 77.4 cm³/mol. The van der Waals surface area contributed by atoms with Gasteiger partial charge in [0.05, 0.1) is 11.1 Å². The minimum Gasteiger partial charge on any atom is -0.352 e. The van der Waals surface area contributed by atoms with Gasteiger partial charge in [0.15, 0.2) is 0 Å². The third-order valence-electron chi connectivity index (χ3n) is 3.25. The van der Waals surface area contributed by atoms with Crippen molar-refractivity contribution in [2.24, 2.45) is 0 Å². The van der Waals surface area contributed by atoms with Crippen molar-refractivity contribution in [3.63, 3.8) is 0 Å². The lowest BCUT2D eigenvalue weighted by molar-refractivity contribution is -0.122. The standard InChI is InChI=1S/C14H15BrN2O3/c1-3-8(2)16-12(18)7-17-13(19)10-5-4-9(15)6-11(10)14(17)20/h4-6,8H,3,7H2,1-2H3,(H,16,18). The predicted octanol–water partition coefficient (Wildman–Crippen LogP) is 1.96. The molecule has 5 nitrogen and oxygen atoms in total. The number of benzene rings is 1. The third-order valence-corrected chi connectivity index (χ3v) is 3.75. The summed E-state index contributed by atoms with van der Waals surface area (Å²) in [4.78, 5) is 37.1. The van der Waals surface area contributed by atoms with Crippen LogP contribution in [0.1, 0.15) is 41.0 Å². The minimum atomic E-state index is -0.425. The minimum absolute atomic E-state index is 0.0202. The Kier molecular flexibility index (Phi) is 4.23. The summed E-state index contributed by atoms with van der Waals surface area (Å²) in [7, 11) is 0. The number of amides is 3. The van der Waals surface area contributed by atoms with E-state index in [-0.39, 0.29) is 18.5 Å². The molecule has 0 saturated heterocycles. The highest BCUT2D eigenvalue weighted by Crippen LogP contribution is 2.25. The molecule has 3 amide bonds. The molecule has 1 aromatic rings. The van der Waals surface area contributed by atoms with Crippen LogP contribution in [0.5, 0.6) is 0 Å². The third kappa shape index (κ3) is 2.75. The maximum absolute atomic E-state index is 12.2. The second-order valence-electron chi connectivity index (χ2n) is 4.76. The van der Waals surface area contributed by atoms with Gasteiger partial charge in [-0.05, 0) is 31.5 Å². The molecule has 0 aromatic heterocycles. The smallest absolute Gasteiger partial charge is 0.262 e. The average Bonchev–Trinajstić information content (AvgIpc) is 2.63. The Morgan fingerprint density at radius 2 is 1.95 bits per heavy atom. The maximum Gasteiger partial charge on any atom is 0.262 e. The fourth-order valence-electron chi connectivity index (χ4n) is 1.97.